The van der Waals surface area contributed by atoms with Crippen LogP contribution in [0.1, 0.15) is 15.4 Å². The standard InChI is InChI=1S/C17H14N4O2S/c1-23-16(22)15-14(12-7-3-2-4-8-12)20-17(24-15)21-19-11-13-9-5-6-10-18-13/h2-11H,1H3,(H,20,21)/b19-11-. The van der Waals surface area contributed by atoms with Crippen molar-refractivity contribution in [2.75, 3.05) is 12.5 Å². The molecule has 0 saturated carbocycles. The van der Waals surface area contributed by atoms with Crippen LogP contribution in [0.15, 0.2) is 59.8 Å². The van der Waals surface area contributed by atoms with Crippen molar-refractivity contribution in [1.29, 1.82) is 0 Å². The number of anilines is 1. The highest BCUT2D eigenvalue weighted by atomic mass is 32.1. The number of esters is 1. The summed E-state index contributed by atoms with van der Waals surface area (Å²) < 4.78 is 4.84. The molecule has 0 saturated heterocycles. The van der Waals surface area contributed by atoms with Gasteiger partial charge in [-0.3, -0.25) is 10.4 Å². The third kappa shape index (κ3) is 3.64. The van der Waals surface area contributed by atoms with E-state index in [1.165, 1.54) is 18.4 Å². The van der Waals surface area contributed by atoms with Gasteiger partial charge < -0.3 is 4.74 Å². The van der Waals surface area contributed by atoms with Gasteiger partial charge in [0.1, 0.15) is 4.88 Å². The molecular formula is C17H14N4O2S. The molecule has 0 atom stereocenters. The third-order valence-electron chi connectivity index (χ3n) is 3.09. The van der Waals surface area contributed by atoms with Crippen LogP contribution in [0.3, 0.4) is 0 Å². The van der Waals surface area contributed by atoms with E-state index in [2.05, 4.69) is 20.5 Å². The zero-order valence-electron chi connectivity index (χ0n) is 12.8. The van der Waals surface area contributed by atoms with Crippen molar-refractivity contribution < 1.29 is 9.53 Å². The monoisotopic (exact) mass is 338 g/mol. The Hall–Kier alpha value is -3.06. The van der Waals surface area contributed by atoms with Crippen LogP contribution < -0.4 is 5.43 Å². The predicted octanol–water partition coefficient (Wildman–Crippen LogP) is 3.44. The van der Waals surface area contributed by atoms with E-state index < -0.39 is 5.97 Å². The summed E-state index contributed by atoms with van der Waals surface area (Å²) in [5.41, 5.74) is 4.97. The van der Waals surface area contributed by atoms with Crippen LogP contribution in [0.4, 0.5) is 5.13 Å². The summed E-state index contributed by atoms with van der Waals surface area (Å²) in [5.74, 6) is -0.423. The molecule has 0 spiro atoms. The number of ether oxygens (including phenoxy) is 1. The maximum Gasteiger partial charge on any atom is 0.350 e. The molecule has 2 heterocycles. The van der Waals surface area contributed by atoms with Crippen LogP contribution in [0.2, 0.25) is 0 Å². The molecule has 6 nitrogen and oxygen atoms in total. The van der Waals surface area contributed by atoms with Crippen LogP contribution in [0.25, 0.3) is 11.3 Å². The van der Waals surface area contributed by atoms with Crippen molar-refractivity contribution in [2.45, 2.75) is 0 Å². The average molecular weight is 338 g/mol. The van der Waals surface area contributed by atoms with Crippen LogP contribution in [0, 0.1) is 0 Å². The maximum absolute atomic E-state index is 12.0. The van der Waals surface area contributed by atoms with Gasteiger partial charge in [-0.2, -0.15) is 5.10 Å². The molecule has 3 rings (SSSR count). The molecule has 0 aliphatic rings. The van der Waals surface area contributed by atoms with Crippen LogP contribution >= 0.6 is 11.3 Å². The Morgan fingerprint density at radius 1 is 1.21 bits per heavy atom. The van der Waals surface area contributed by atoms with Crippen LogP contribution in [-0.4, -0.2) is 29.3 Å². The zero-order chi connectivity index (χ0) is 16.8. The number of carbonyl (C=O) groups is 1. The lowest BCUT2D eigenvalue weighted by Crippen LogP contribution is -2.00. The first-order valence-corrected chi connectivity index (χ1v) is 7.94. The Kier molecular flexibility index (Phi) is 4.93. The van der Waals surface area contributed by atoms with Crippen molar-refractivity contribution >= 4 is 28.7 Å². The molecule has 1 aromatic carbocycles. The number of methoxy groups -OCH3 is 1. The topological polar surface area (TPSA) is 76.5 Å². The number of carbonyl (C=O) groups excluding carboxylic acids is 1. The van der Waals surface area contributed by atoms with E-state index in [1.807, 2.05) is 48.5 Å². The highest BCUT2D eigenvalue weighted by Gasteiger charge is 2.19. The SMILES string of the molecule is COC(=O)c1sc(N/N=C\c2ccccn2)nc1-c1ccccc1. The quantitative estimate of drug-likeness (QED) is 0.438. The minimum absolute atomic E-state index is 0.423. The first-order chi connectivity index (χ1) is 11.8. The molecule has 0 aliphatic heterocycles. The Morgan fingerprint density at radius 2 is 2.00 bits per heavy atom. The largest absolute Gasteiger partial charge is 0.465 e. The maximum atomic E-state index is 12.0. The van der Waals surface area contributed by atoms with Gasteiger partial charge in [0, 0.05) is 11.8 Å². The smallest absolute Gasteiger partial charge is 0.350 e. The van der Waals surface area contributed by atoms with Gasteiger partial charge in [0.25, 0.3) is 0 Å². The number of nitrogens with one attached hydrogen (secondary N) is 1. The normalized spacial score (nSPS) is 10.7. The molecule has 1 N–H and O–H groups in total. The number of rotatable bonds is 5. The van der Waals surface area contributed by atoms with Gasteiger partial charge in [-0.15, -0.1) is 0 Å². The van der Waals surface area contributed by atoms with Crippen molar-refractivity contribution in [1.82, 2.24) is 9.97 Å². The molecule has 24 heavy (non-hydrogen) atoms. The fourth-order valence-corrected chi connectivity index (χ4v) is 2.85. The minimum atomic E-state index is -0.423. The molecule has 7 heteroatoms. The fraction of sp³-hybridized carbons (Fsp3) is 0.0588. The summed E-state index contributed by atoms with van der Waals surface area (Å²) in [5, 5.41) is 4.60. The highest BCUT2D eigenvalue weighted by molar-refractivity contribution is 7.17. The van der Waals surface area contributed by atoms with Gasteiger partial charge >= 0.3 is 5.97 Å². The fourth-order valence-electron chi connectivity index (χ4n) is 2.00. The Morgan fingerprint density at radius 3 is 2.71 bits per heavy atom. The number of pyridine rings is 1. The zero-order valence-corrected chi connectivity index (χ0v) is 13.7. The van der Waals surface area contributed by atoms with E-state index in [0.717, 1.165) is 11.3 Å². The molecule has 0 unspecified atom stereocenters. The predicted molar refractivity (Wildman–Crippen MR) is 94.3 cm³/mol. The molecule has 0 bridgehead atoms. The van der Waals surface area contributed by atoms with Crippen molar-refractivity contribution in [2.24, 2.45) is 5.10 Å². The third-order valence-corrected chi connectivity index (χ3v) is 4.03. The van der Waals surface area contributed by atoms with E-state index in [-0.39, 0.29) is 0 Å². The van der Waals surface area contributed by atoms with Crippen molar-refractivity contribution in [3.63, 3.8) is 0 Å². The average Bonchev–Trinajstić information content (AvgIpc) is 3.07. The first kappa shape index (κ1) is 15.8. The molecular weight excluding hydrogens is 324 g/mol. The van der Waals surface area contributed by atoms with Crippen LogP contribution in [0.5, 0.6) is 0 Å². The second kappa shape index (κ2) is 7.47. The summed E-state index contributed by atoms with van der Waals surface area (Å²) in [4.78, 5) is 21.0. The molecule has 120 valence electrons. The van der Waals surface area contributed by atoms with Gasteiger partial charge in [0.15, 0.2) is 0 Å². The van der Waals surface area contributed by atoms with E-state index >= 15 is 0 Å². The Bertz CT molecular complexity index is 848. The van der Waals surface area contributed by atoms with Crippen molar-refractivity contribution in [3.8, 4) is 11.3 Å². The van der Waals surface area contributed by atoms with E-state index in [9.17, 15) is 4.79 Å². The number of hydrogen-bond donors (Lipinski definition) is 1. The molecule has 0 fully saturated rings. The molecule has 0 radical (unpaired) electrons. The van der Waals surface area contributed by atoms with Gasteiger partial charge in [0.2, 0.25) is 5.13 Å². The number of aromatic nitrogens is 2. The second-order valence-electron chi connectivity index (χ2n) is 4.68. The minimum Gasteiger partial charge on any atom is -0.465 e. The Labute approximate surface area is 142 Å². The lowest BCUT2D eigenvalue weighted by Gasteiger charge is -1.99. The van der Waals surface area contributed by atoms with E-state index in [0.29, 0.717) is 15.7 Å². The van der Waals surface area contributed by atoms with Gasteiger partial charge in [-0.05, 0) is 12.1 Å². The number of thiazole rings is 1. The summed E-state index contributed by atoms with van der Waals surface area (Å²) in [6.45, 7) is 0. The van der Waals surface area contributed by atoms with E-state index in [1.54, 1.807) is 12.4 Å². The number of hydrazone groups is 1. The summed E-state index contributed by atoms with van der Waals surface area (Å²) in [7, 11) is 1.35. The molecule has 3 aromatic rings. The molecule has 2 aromatic heterocycles. The van der Waals surface area contributed by atoms with Crippen molar-refractivity contribution in [3.05, 3.63) is 65.3 Å². The summed E-state index contributed by atoms with van der Waals surface area (Å²) in [6, 6.07) is 15.0. The number of hydrogen-bond acceptors (Lipinski definition) is 7. The summed E-state index contributed by atoms with van der Waals surface area (Å²) >= 11 is 1.19. The van der Waals surface area contributed by atoms with Crippen LogP contribution in [-0.2, 0) is 4.74 Å². The molecule has 0 aliphatic carbocycles. The number of nitrogens with zero attached hydrogens (tertiary/aromatic N) is 3. The van der Waals surface area contributed by atoms with Gasteiger partial charge in [0.05, 0.1) is 24.7 Å². The van der Waals surface area contributed by atoms with Gasteiger partial charge in [-0.25, -0.2) is 9.78 Å². The first-order valence-electron chi connectivity index (χ1n) is 7.12. The second-order valence-corrected chi connectivity index (χ2v) is 5.68. The highest BCUT2D eigenvalue weighted by Crippen LogP contribution is 2.31. The molecule has 0 amide bonds. The summed E-state index contributed by atoms with van der Waals surface area (Å²) in [6.07, 6.45) is 3.27. The lowest BCUT2D eigenvalue weighted by atomic mass is 10.1. The van der Waals surface area contributed by atoms with E-state index in [4.69, 9.17) is 4.74 Å². The number of benzene rings is 1. The Balaban J connectivity index is 1.86. The van der Waals surface area contributed by atoms with Gasteiger partial charge in [-0.1, -0.05) is 47.7 Å². The lowest BCUT2D eigenvalue weighted by molar-refractivity contribution is 0.0607.